The lowest BCUT2D eigenvalue weighted by atomic mass is 10.2. The van der Waals surface area contributed by atoms with E-state index in [1.54, 1.807) is 11.3 Å². The second kappa shape index (κ2) is 5.56. The number of fused-ring (bicyclic) bond motifs is 1. The number of ether oxygens (including phenoxy) is 1. The molecule has 1 aromatic carbocycles. The number of quaternary nitrogens is 1. The van der Waals surface area contributed by atoms with Gasteiger partial charge < -0.3 is 9.64 Å². The number of carbonyl (C=O) groups is 1. The van der Waals surface area contributed by atoms with Crippen molar-refractivity contribution in [3.05, 3.63) is 56.2 Å². The van der Waals surface area contributed by atoms with Gasteiger partial charge in [-0.05, 0) is 18.2 Å². The lowest BCUT2D eigenvalue weighted by Crippen LogP contribution is -3.06. The van der Waals surface area contributed by atoms with E-state index in [4.69, 9.17) is 16.3 Å². The Labute approximate surface area is 126 Å². The fourth-order valence-corrected chi connectivity index (χ4v) is 3.84. The summed E-state index contributed by atoms with van der Waals surface area (Å²) in [5, 5.41) is 0.770. The van der Waals surface area contributed by atoms with Gasteiger partial charge >= 0.3 is 5.97 Å². The summed E-state index contributed by atoms with van der Waals surface area (Å²) in [6.45, 7) is 2.91. The number of esters is 1. The highest BCUT2D eigenvalue weighted by atomic mass is 35.5. The van der Waals surface area contributed by atoms with Gasteiger partial charge in [0.25, 0.3) is 0 Å². The first-order valence-corrected chi connectivity index (χ1v) is 7.63. The van der Waals surface area contributed by atoms with Crippen LogP contribution in [-0.4, -0.2) is 13.1 Å². The minimum atomic E-state index is -0.233. The van der Waals surface area contributed by atoms with Crippen LogP contribution in [0.15, 0.2) is 30.3 Å². The van der Waals surface area contributed by atoms with Crippen molar-refractivity contribution in [1.29, 1.82) is 0 Å². The molecule has 0 saturated heterocycles. The molecule has 104 valence electrons. The quantitative estimate of drug-likeness (QED) is 0.882. The molecule has 0 spiro atoms. The zero-order valence-corrected chi connectivity index (χ0v) is 12.7. The van der Waals surface area contributed by atoms with Crippen LogP contribution < -0.4 is 4.90 Å². The number of halogens is 1. The number of hydrogen-bond acceptors (Lipinski definition) is 3. The summed E-state index contributed by atoms with van der Waals surface area (Å²) in [5.74, 6) is -0.233. The molecule has 1 aliphatic heterocycles. The smallest absolute Gasteiger partial charge is 0.348 e. The van der Waals surface area contributed by atoms with E-state index in [-0.39, 0.29) is 5.97 Å². The van der Waals surface area contributed by atoms with E-state index in [0.717, 1.165) is 24.7 Å². The largest absolute Gasteiger partial charge is 0.465 e. The molecule has 3 rings (SSSR count). The fourth-order valence-electron chi connectivity index (χ4n) is 2.54. The number of thiophene rings is 1. The van der Waals surface area contributed by atoms with Crippen LogP contribution in [-0.2, 0) is 24.4 Å². The van der Waals surface area contributed by atoms with Crippen molar-refractivity contribution < 1.29 is 14.4 Å². The van der Waals surface area contributed by atoms with Crippen LogP contribution in [0, 0.1) is 0 Å². The Kier molecular flexibility index (Phi) is 3.78. The summed E-state index contributed by atoms with van der Waals surface area (Å²) >= 11 is 7.45. The molecular weight excluding hydrogens is 294 g/mol. The first kappa shape index (κ1) is 13.6. The summed E-state index contributed by atoms with van der Waals surface area (Å²) in [6, 6.07) is 9.97. The third-order valence-electron chi connectivity index (χ3n) is 3.50. The molecular formula is C15H15ClNO2S+. The minimum absolute atomic E-state index is 0.233. The molecule has 1 atom stereocenters. The van der Waals surface area contributed by atoms with Crippen LogP contribution in [0.25, 0.3) is 0 Å². The summed E-state index contributed by atoms with van der Waals surface area (Å²) in [7, 11) is 1.42. The monoisotopic (exact) mass is 308 g/mol. The third kappa shape index (κ3) is 2.73. The SMILES string of the molecule is COC(=O)c1cc2c(s1)C[NH+](Cc1ccc(Cl)cc1)C2. The van der Waals surface area contributed by atoms with E-state index in [0.29, 0.717) is 4.88 Å². The number of methoxy groups -OCH3 is 1. The Morgan fingerprint density at radius 1 is 1.35 bits per heavy atom. The molecule has 0 radical (unpaired) electrons. The molecule has 2 heterocycles. The van der Waals surface area contributed by atoms with Crippen LogP contribution in [0.5, 0.6) is 0 Å². The summed E-state index contributed by atoms with van der Waals surface area (Å²) < 4.78 is 4.76. The van der Waals surface area contributed by atoms with Crippen molar-refractivity contribution in [2.45, 2.75) is 19.6 Å². The lowest BCUT2D eigenvalue weighted by Gasteiger charge is -2.12. The van der Waals surface area contributed by atoms with E-state index < -0.39 is 0 Å². The Morgan fingerprint density at radius 2 is 2.10 bits per heavy atom. The maximum absolute atomic E-state index is 11.5. The highest BCUT2D eigenvalue weighted by molar-refractivity contribution is 7.14. The first-order chi connectivity index (χ1) is 9.65. The number of nitrogens with one attached hydrogen (secondary N) is 1. The molecule has 5 heteroatoms. The summed E-state index contributed by atoms with van der Waals surface area (Å²) in [5.41, 5.74) is 2.56. The standard InChI is InChI=1S/C15H14ClNO2S/c1-19-15(18)13-6-11-8-17(9-14(11)20-13)7-10-2-4-12(16)5-3-10/h2-6H,7-9H2,1H3/p+1. The van der Waals surface area contributed by atoms with Crippen LogP contribution in [0.4, 0.5) is 0 Å². The van der Waals surface area contributed by atoms with Gasteiger partial charge in [-0.25, -0.2) is 4.79 Å². The molecule has 0 saturated carbocycles. The van der Waals surface area contributed by atoms with Crippen molar-refractivity contribution in [3.8, 4) is 0 Å². The van der Waals surface area contributed by atoms with Gasteiger partial charge in [0.2, 0.25) is 0 Å². The molecule has 1 aromatic heterocycles. The highest BCUT2D eigenvalue weighted by Gasteiger charge is 2.27. The first-order valence-electron chi connectivity index (χ1n) is 6.43. The molecule has 1 N–H and O–H groups in total. The van der Waals surface area contributed by atoms with Gasteiger partial charge in [0.1, 0.15) is 24.5 Å². The fraction of sp³-hybridized carbons (Fsp3) is 0.267. The second-order valence-corrected chi connectivity index (χ2v) is 6.53. The van der Waals surface area contributed by atoms with Crippen LogP contribution in [0.1, 0.15) is 25.7 Å². The molecule has 3 nitrogen and oxygen atoms in total. The van der Waals surface area contributed by atoms with Crippen molar-refractivity contribution >= 4 is 28.9 Å². The molecule has 0 aliphatic carbocycles. The zero-order chi connectivity index (χ0) is 14.1. The van der Waals surface area contributed by atoms with Gasteiger partial charge in [-0.15, -0.1) is 11.3 Å². The predicted molar refractivity (Wildman–Crippen MR) is 79.2 cm³/mol. The molecule has 1 unspecified atom stereocenters. The Bertz CT molecular complexity index is 612. The van der Waals surface area contributed by atoms with E-state index in [2.05, 4.69) is 12.1 Å². The van der Waals surface area contributed by atoms with Gasteiger partial charge in [0, 0.05) is 16.1 Å². The van der Waals surface area contributed by atoms with Crippen molar-refractivity contribution in [2.75, 3.05) is 7.11 Å². The van der Waals surface area contributed by atoms with Crippen molar-refractivity contribution in [3.63, 3.8) is 0 Å². The van der Waals surface area contributed by atoms with Gasteiger partial charge in [0.15, 0.2) is 0 Å². The highest BCUT2D eigenvalue weighted by Crippen LogP contribution is 2.25. The molecule has 0 bridgehead atoms. The molecule has 0 amide bonds. The number of carbonyl (C=O) groups excluding carboxylic acids is 1. The molecule has 2 aromatic rings. The maximum Gasteiger partial charge on any atom is 0.348 e. The van der Waals surface area contributed by atoms with Gasteiger partial charge in [0.05, 0.1) is 12.0 Å². The van der Waals surface area contributed by atoms with Crippen LogP contribution in [0.3, 0.4) is 0 Å². The zero-order valence-electron chi connectivity index (χ0n) is 11.1. The normalized spacial score (nSPS) is 17.0. The van der Waals surface area contributed by atoms with E-state index in [1.165, 1.54) is 28.0 Å². The van der Waals surface area contributed by atoms with Crippen LogP contribution in [0.2, 0.25) is 5.02 Å². The van der Waals surface area contributed by atoms with E-state index in [9.17, 15) is 4.79 Å². The number of hydrogen-bond donors (Lipinski definition) is 1. The van der Waals surface area contributed by atoms with E-state index in [1.807, 2.05) is 18.2 Å². The lowest BCUT2D eigenvalue weighted by molar-refractivity contribution is -0.934. The maximum atomic E-state index is 11.5. The van der Waals surface area contributed by atoms with Gasteiger partial charge in [-0.3, -0.25) is 0 Å². The topological polar surface area (TPSA) is 30.7 Å². The van der Waals surface area contributed by atoms with E-state index >= 15 is 0 Å². The van der Waals surface area contributed by atoms with Gasteiger partial charge in [-0.2, -0.15) is 0 Å². The van der Waals surface area contributed by atoms with Crippen LogP contribution >= 0.6 is 22.9 Å². The minimum Gasteiger partial charge on any atom is -0.465 e. The molecule has 1 aliphatic rings. The van der Waals surface area contributed by atoms with Gasteiger partial charge in [-0.1, -0.05) is 23.7 Å². The average molecular weight is 309 g/mol. The summed E-state index contributed by atoms with van der Waals surface area (Å²) in [4.78, 5) is 15.0. The Hall–Kier alpha value is -1.36. The van der Waals surface area contributed by atoms with Crippen molar-refractivity contribution in [1.82, 2.24) is 0 Å². The second-order valence-electron chi connectivity index (χ2n) is 4.96. The molecule has 0 fully saturated rings. The third-order valence-corrected chi connectivity index (χ3v) is 4.91. The number of benzene rings is 1. The number of rotatable bonds is 3. The predicted octanol–water partition coefficient (Wildman–Crippen LogP) is 2.29. The Balaban J connectivity index is 1.67. The van der Waals surface area contributed by atoms with Crippen molar-refractivity contribution in [2.24, 2.45) is 0 Å². The average Bonchev–Trinajstić information content (AvgIpc) is 2.98. The Morgan fingerprint density at radius 3 is 2.75 bits per heavy atom. The molecule has 20 heavy (non-hydrogen) atoms. The summed E-state index contributed by atoms with van der Waals surface area (Å²) in [6.07, 6.45) is 0.